The van der Waals surface area contributed by atoms with E-state index >= 15 is 0 Å². The molecule has 44 heavy (non-hydrogen) atoms. The minimum absolute atomic E-state index is 0.118. The van der Waals surface area contributed by atoms with Gasteiger partial charge in [-0.3, -0.25) is 10.1 Å². The Morgan fingerprint density at radius 3 is 2.36 bits per heavy atom. The minimum atomic E-state index is -5.28. The van der Waals surface area contributed by atoms with E-state index < -0.39 is 40.4 Å². The lowest BCUT2D eigenvalue weighted by Crippen LogP contribution is -2.60. The Kier molecular flexibility index (Phi) is 9.00. The van der Waals surface area contributed by atoms with E-state index in [1.807, 2.05) is 48.5 Å². The third-order valence-electron chi connectivity index (χ3n) is 7.91. The van der Waals surface area contributed by atoms with Crippen LogP contribution in [0, 0.1) is 12.8 Å². The number of para-hydroxylation sites is 1. The first kappa shape index (κ1) is 31.5. The van der Waals surface area contributed by atoms with Crippen molar-refractivity contribution in [1.29, 1.82) is 0 Å². The van der Waals surface area contributed by atoms with Crippen LogP contribution in [0.3, 0.4) is 0 Å². The lowest BCUT2D eigenvalue weighted by Gasteiger charge is -2.38. The van der Waals surface area contributed by atoms with Gasteiger partial charge in [-0.05, 0) is 54.7 Å². The van der Waals surface area contributed by atoms with Gasteiger partial charge in [-0.25, -0.2) is 17.9 Å². The molecule has 4 atom stereocenters. The van der Waals surface area contributed by atoms with Crippen LogP contribution >= 0.6 is 0 Å². The molecule has 2 aliphatic heterocycles. The van der Waals surface area contributed by atoms with Crippen molar-refractivity contribution in [1.82, 2.24) is 14.9 Å². The van der Waals surface area contributed by atoms with Crippen molar-refractivity contribution in [2.24, 2.45) is 5.92 Å². The van der Waals surface area contributed by atoms with Crippen LogP contribution in [0.5, 0.6) is 0 Å². The fourth-order valence-corrected chi connectivity index (χ4v) is 6.89. The van der Waals surface area contributed by atoms with Crippen LogP contribution in [0.2, 0.25) is 0 Å². The van der Waals surface area contributed by atoms with E-state index in [9.17, 15) is 31.2 Å². The molecule has 2 aliphatic rings. The Hall–Kier alpha value is -3.94. The van der Waals surface area contributed by atoms with Crippen LogP contribution < -0.4 is 15.4 Å². The van der Waals surface area contributed by atoms with Gasteiger partial charge in [0.15, 0.2) is 6.23 Å². The zero-order chi connectivity index (χ0) is 31.6. The van der Waals surface area contributed by atoms with E-state index in [-0.39, 0.29) is 36.4 Å². The van der Waals surface area contributed by atoms with Crippen molar-refractivity contribution in [2.45, 2.75) is 49.1 Å². The van der Waals surface area contributed by atoms with Crippen molar-refractivity contribution >= 4 is 27.6 Å². The summed E-state index contributed by atoms with van der Waals surface area (Å²) >= 11 is 0. The minimum Gasteiger partial charge on any atom is -0.438 e. The van der Waals surface area contributed by atoms with Gasteiger partial charge >= 0.3 is 12.1 Å². The molecule has 0 saturated carbocycles. The van der Waals surface area contributed by atoms with E-state index in [4.69, 9.17) is 0 Å². The lowest BCUT2D eigenvalue weighted by atomic mass is 9.93. The number of halogens is 3. The number of nitrogens with zero attached hydrogens (tertiary/aromatic N) is 1. The molecule has 3 aromatic carbocycles. The summed E-state index contributed by atoms with van der Waals surface area (Å²) in [5.74, 6) is -3.62. The third-order valence-corrected chi connectivity index (χ3v) is 9.42. The summed E-state index contributed by atoms with van der Waals surface area (Å²) in [5.41, 5.74) is 5.04. The van der Waals surface area contributed by atoms with E-state index in [1.54, 1.807) is 26.1 Å². The first-order valence-corrected chi connectivity index (χ1v) is 15.6. The summed E-state index contributed by atoms with van der Waals surface area (Å²) in [6.45, 7) is 1.92. The number of aryl methyl sites for hydroxylation is 1. The first-order chi connectivity index (χ1) is 20.8. The number of benzene rings is 3. The van der Waals surface area contributed by atoms with Gasteiger partial charge in [-0.15, -0.1) is 0 Å². The Labute approximate surface area is 253 Å². The number of hydrogen-bond acceptors (Lipinski definition) is 7. The second-order valence-electron chi connectivity index (χ2n) is 11.2. The average Bonchev–Trinajstić information content (AvgIpc) is 3.13. The van der Waals surface area contributed by atoms with E-state index in [2.05, 4.69) is 20.1 Å². The van der Waals surface area contributed by atoms with Gasteiger partial charge in [-0.1, -0.05) is 60.2 Å². The molecule has 5 rings (SSSR count). The number of carbonyl (C=O) groups is 2. The van der Waals surface area contributed by atoms with Gasteiger partial charge in [0.2, 0.25) is 15.9 Å². The van der Waals surface area contributed by atoms with Crippen LogP contribution in [0.1, 0.15) is 34.7 Å². The molecule has 0 aromatic heterocycles. The van der Waals surface area contributed by atoms with Crippen molar-refractivity contribution in [3.8, 4) is 0 Å². The summed E-state index contributed by atoms with van der Waals surface area (Å²) < 4.78 is 72.4. The Morgan fingerprint density at radius 1 is 1.00 bits per heavy atom. The Balaban J connectivity index is 1.34. The molecular weight excluding hydrogens is 597 g/mol. The van der Waals surface area contributed by atoms with Crippen LogP contribution in [0.25, 0.3) is 0 Å². The van der Waals surface area contributed by atoms with Crippen molar-refractivity contribution < 1.29 is 35.9 Å². The van der Waals surface area contributed by atoms with Crippen molar-refractivity contribution in [3.63, 3.8) is 0 Å². The SMILES string of the molecule is Cc1ccc(S(=O)(=O)NC2C[C@H](C(=O)N(C)CC3Nc4ccccc4Cc4ccccc43)CNC2OC(=O)C(F)(F)F)cc1. The highest BCUT2D eigenvalue weighted by atomic mass is 32.2. The highest BCUT2D eigenvalue weighted by Gasteiger charge is 2.46. The molecule has 0 bridgehead atoms. The van der Waals surface area contributed by atoms with E-state index in [0.717, 1.165) is 34.4 Å². The van der Waals surface area contributed by atoms with Gasteiger partial charge in [0.25, 0.3) is 0 Å². The standard InChI is InChI=1S/C31H33F3N4O5S/c1-19-11-13-23(14-12-19)44(41,42)37-26-16-22(17-35-28(26)43-30(40)31(32,33)34)29(39)38(2)18-27-24-9-5-3-7-20(24)15-21-8-4-6-10-25(21)36-27/h3-14,22,26-28,35-37H,15-18H2,1-2H3/t22-,26?,27?,28?/m0/s1. The molecule has 13 heteroatoms. The van der Waals surface area contributed by atoms with Gasteiger partial charge in [0.05, 0.1) is 22.9 Å². The quantitative estimate of drug-likeness (QED) is 0.339. The van der Waals surface area contributed by atoms with Crippen LogP contribution in [-0.4, -0.2) is 63.8 Å². The number of likely N-dealkylation sites (N-methyl/N-ethyl adjacent to an activating group) is 1. The molecule has 2 heterocycles. The monoisotopic (exact) mass is 630 g/mol. The number of sulfonamides is 1. The number of ether oxygens (including phenoxy) is 1. The normalized spacial score (nSPS) is 21.7. The van der Waals surface area contributed by atoms with E-state index in [1.165, 1.54) is 17.0 Å². The lowest BCUT2D eigenvalue weighted by molar-refractivity contribution is -0.208. The van der Waals surface area contributed by atoms with Gasteiger partial charge < -0.3 is 15.0 Å². The smallest absolute Gasteiger partial charge is 0.438 e. The van der Waals surface area contributed by atoms with Gasteiger partial charge in [0.1, 0.15) is 0 Å². The number of fused-ring (bicyclic) bond motifs is 2. The van der Waals surface area contributed by atoms with Crippen LogP contribution in [-0.2, 0) is 30.8 Å². The summed E-state index contributed by atoms with van der Waals surface area (Å²) in [4.78, 5) is 26.8. The molecule has 3 N–H and O–H groups in total. The summed E-state index contributed by atoms with van der Waals surface area (Å²) in [5, 5.41) is 6.19. The fraction of sp³-hybridized carbons (Fsp3) is 0.355. The second kappa shape index (κ2) is 12.6. The summed E-state index contributed by atoms with van der Waals surface area (Å²) in [6.07, 6.45) is -6.41. The number of alkyl halides is 3. The molecule has 0 radical (unpaired) electrons. The number of nitrogens with one attached hydrogen (secondary N) is 3. The Morgan fingerprint density at radius 2 is 1.66 bits per heavy atom. The molecule has 234 valence electrons. The average molecular weight is 631 g/mol. The number of anilines is 1. The third kappa shape index (κ3) is 7.06. The number of carbonyl (C=O) groups excluding carboxylic acids is 2. The topological polar surface area (TPSA) is 117 Å². The number of piperidine rings is 1. The number of esters is 1. The second-order valence-corrected chi connectivity index (χ2v) is 12.9. The Bertz CT molecular complexity index is 1630. The summed E-state index contributed by atoms with van der Waals surface area (Å²) in [7, 11) is -2.61. The summed E-state index contributed by atoms with van der Waals surface area (Å²) in [6, 6.07) is 20.1. The van der Waals surface area contributed by atoms with Crippen LogP contribution in [0.15, 0.2) is 77.7 Å². The molecule has 0 aliphatic carbocycles. The van der Waals surface area contributed by atoms with Gasteiger partial charge in [-0.2, -0.15) is 13.2 Å². The highest BCUT2D eigenvalue weighted by Crippen LogP contribution is 2.33. The molecule has 1 fully saturated rings. The highest BCUT2D eigenvalue weighted by molar-refractivity contribution is 7.89. The zero-order valence-electron chi connectivity index (χ0n) is 24.1. The maximum Gasteiger partial charge on any atom is 0.490 e. The van der Waals surface area contributed by atoms with Crippen molar-refractivity contribution in [3.05, 3.63) is 95.1 Å². The zero-order valence-corrected chi connectivity index (χ0v) is 24.9. The van der Waals surface area contributed by atoms with Crippen LogP contribution in [0.4, 0.5) is 18.9 Å². The molecule has 1 saturated heterocycles. The molecular formula is C31H33F3N4O5S. The number of rotatable bonds is 7. The molecule has 1 amide bonds. The molecule has 9 nitrogen and oxygen atoms in total. The number of hydrogen-bond donors (Lipinski definition) is 3. The molecule has 3 aromatic rings. The largest absolute Gasteiger partial charge is 0.490 e. The molecule has 0 spiro atoms. The predicted molar refractivity (Wildman–Crippen MR) is 157 cm³/mol. The first-order valence-electron chi connectivity index (χ1n) is 14.1. The van der Waals surface area contributed by atoms with Gasteiger partial charge in [0, 0.05) is 25.8 Å². The predicted octanol–water partition coefficient (Wildman–Crippen LogP) is 3.90. The molecule has 3 unspecified atom stereocenters. The maximum atomic E-state index is 13.7. The fourth-order valence-electron chi connectivity index (χ4n) is 5.64. The maximum absolute atomic E-state index is 13.7. The van der Waals surface area contributed by atoms with E-state index in [0.29, 0.717) is 0 Å². The van der Waals surface area contributed by atoms with Crippen molar-refractivity contribution in [2.75, 3.05) is 25.5 Å². The number of amides is 1.